The third-order valence-electron chi connectivity index (χ3n) is 5.57. The first-order valence-electron chi connectivity index (χ1n) is 11.7. The molecule has 1 aliphatic heterocycles. The number of likely N-dealkylation sites (N-methyl/N-ethyl adjacent to an activating group) is 1. The van der Waals surface area contributed by atoms with Gasteiger partial charge in [-0.2, -0.15) is 0 Å². The van der Waals surface area contributed by atoms with Crippen LogP contribution >= 0.6 is 0 Å². The third kappa shape index (κ3) is 6.99. The number of aliphatic hydroxyl groups excluding tert-OH is 1. The first-order chi connectivity index (χ1) is 15.9. The van der Waals surface area contributed by atoms with E-state index < -0.39 is 18.2 Å². The van der Waals surface area contributed by atoms with Gasteiger partial charge in [0.2, 0.25) is 0 Å². The highest BCUT2D eigenvalue weighted by Gasteiger charge is 2.35. The summed E-state index contributed by atoms with van der Waals surface area (Å²) in [7, 11) is 1.69. The smallest absolute Gasteiger partial charge is 0.319 e. The second-order valence-corrected chi connectivity index (χ2v) is 9.54. The van der Waals surface area contributed by atoms with Crippen molar-refractivity contribution in [1.29, 1.82) is 0 Å². The van der Waals surface area contributed by atoms with Crippen molar-refractivity contribution < 1.29 is 24.2 Å². The first kappa shape index (κ1) is 27.2. The van der Waals surface area contributed by atoms with Crippen LogP contribution in [-0.2, 0) is 0 Å². The van der Waals surface area contributed by atoms with Crippen LogP contribution in [-0.4, -0.2) is 83.8 Å². The Labute approximate surface area is 202 Å². The summed E-state index contributed by atoms with van der Waals surface area (Å²) in [6.45, 7) is 11.6. The summed E-state index contributed by atoms with van der Waals surface area (Å²) < 4.78 is 6.37. The van der Waals surface area contributed by atoms with Crippen LogP contribution in [0.15, 0.2) is 18.2 Å². The lowest BCUT2D eigenvalue weighted by Crippen LogP contribution is -2.51. The summed E-state index contributed by atoms with van der Waals surface area (Å²) in [5.41, 5.74) is 0.641. The number of hydrogen-bond acceptors (Lipinski definition) is 5. The minimum atomic E-state index is -0.473. The normalized spacial score (nSPS) is 19.0. The van der Waals surface area contributed by atoms with Gasteiger partial charge in [0.1, 0.15) is 6.10 Å². The van der Waals surface area contributed by atoms with Crippen LogP contribution in [0.4, 0.5) is 15.3 Å². The van der Waals surface area contributed by atoms with Crippen LogP contribution in [0.1, 0.15) is 51.9 Å². The molecule has 1 heterocycles. The number of carbonyl (C=O) groups is 3. The molecule has 0 unspecified atom stereocenters. The molecule has 2 rings (SSSR count). The van der Waals surface area contributed by atoms with Crippen LogP contribution in [0.5, 0.6) is 5.75 Å². The number of carbonyl (C=O) groups excluding carboxylic acids is 3. The summed E-state index contributed by atoms with van der Waals surface area (Å²) in [5.74, 6) is -0.214. The number of fused-ring (bicyclic) bond motifs is 1. The zero-order chi connectivity index (χ0) is 25.6. The molecule has 3 atom stereocenters. The van der Waals surface area contributed by atoms with E-state index >= 15 is 0 Å². The lowest BCUT2D eigenvalue weighted by Gasteiger charge is -2.38. The molecule has 10 nitrogen and oxygen atoms in total. The van der Waals surface area contributed by atoms with Gasteiger partial charge in [0.05, 0.1) is 30.4 Å². The van der Waals surface area contributed by atoms with Crippen molar-refractivity contribution in [3.63, 3.8) is 0 Å². The molecule has 0 saturated carbocycles. The van der Waals surface area contributed by atoms with Crippen molar-refractivity contribution >= 4 is 23.7 Å². The van der Waals surface area contributed by atoms with E-state index in [1.54, 1.807) is 42.0 Å². The van der Waals surface area contributed by atoms with Crippen molar-refractivity contribution in [2.75, 3.05) is 32.1 Å². The second kappa shape index (κ2) is 11.9. The Kier molecular flexibility index (Phi) is 9.55. The highest BCUT2D eigenvalue weighted by molar-refractivity contribution is 6.01. The zero-order valence-electron chi connectivity index (χ0n) is 21.2. The van der Waals surface area contributed by atoms with Crippen LogP contribution < -0.4 is 20.7 Å². The van der Waals surface area contributed by atoms with Gasteiger partial charge in [0, 0.05) is 31.6 Å². The van der Waals surface area contributed by atoms with Gasteiger partial charge in [-0.25, -0.2) is 9.59 Å². The molecule has 4 N–H and O–H groups in total. The maximum Gasteiger partial charge on any atom is 0.319 e. The molecule has 0 radical (unpaired) electrons. The minimum Gasteiger partial charge on any atom is -0.485 e. The fraction of sp³-hybridized carbons (Fsp3) is 0.625. The van der Waals surface area contributed by atoms with Gasteiger partial charge in [0.15, 0.2) is 5.75 Å². The van der Waals surface area contributed by atoms with E-state index in [2.05, 4.69) is 16.0 Å². The second-order valence-electron chi connectivity index (χ2n) is 9.54. The maximum atomic E-state index is 13.4. The molecule has 34 heavy (non-hydrogen) atoms. The quantitative estimate of drug-likeness (QED) is 0.480. The fourth-order valence-corrected chi connectivity index (χ4v) is 3.69. The van der Waals surface area contributed by atoms with Gasteiger partial charge in [-0.15, -0.1) is 0 Å². The van der Waals surface area contributed by atoms with E-state index in [1.807, 2.05) is 34.6 Å². The summed E-state index contributed by atoms with van der Waals surface area (Å²) in [5, 5.41) is 18.2. The van der Waals surface area contributed by atoms with Crippen LogP contribution in [0.3, 0.4) is 0 Å². The van der Waals surface area contributed by atoms with Gasteiger partial charge < -0.3 is 35.6 Å². The number of urea groups is 2. The summed E-state index contributed by atoms with van der Waals surface area (Å²) >= 11 is 0. The fourth-order valence-electron chi connectivity index (χ4n) is 3.69. The Morgan fingerprint density at radius 1 is 1.18 bits per heavy atom. The molecule has 10 heteroatoms. The van der Waals surface area contributed by atoms with E-state index in [4.69, 9.17) is 4.74 Å². The highest BCUT2D eigenvalue weighted by atomic mass is 16.5. The third-order valence-corrected chi connectivity index (χ3v) is 5.57. The predicted molar refractivity (Wildman–Crippen MR) is 131 cm³/mol. The molecular formula is C24H39N5O5. The van der Waals surface area contributed by atoms with Crippen LogP contribution in [0.2, 0.25) is 0 Å². The van der Waals surface area contributed by atoms with Crippen molar-refractivity contribution in [2.45, 2.75) is 65.8 Å². The molecule has 0 spiro atoms. The maximum absolute atomic E-state index is 13.4. The number of aliphatic hydroxyl groups is 1. The molecule has 0 fully saturated rings. The molecule has 190 valence electrons. The number of rotatable bonds is 7. The molecule has 1 aromatic carbocycles. The molecule has 0 aliphatic carbocycles. The average Bonchev–Trinajstić information content (AvgIpc) is 2.74. The molecule has 5 amide bonds. The Morgan fingerprint density at radius 2 is 1.82 bits per heavy atom. The Balaban J connectivity index is 2.47. The number of hydrogen-bond donors (Lipinski definition) is 4. The summed E-state index contributed by atoms with van der Waals surface area (Å²) in [6.07, 6.45) is -0.473. The molecule has 1 aromatic rings. The summed E-state index contributed by atoms with van der Waals surface area (Å²) in [4.78, 5) is 41.5. The SMILES string of the molecule is CC(C)NC(=O)Nc1cccc2c1O[C@@H](CN(C)C(=O)NC(C)C)[C@H](C)CN([C@H](C)CO)C2=O. The van der Waals surface area contributed by atoms with Gasteiger partial charge >= 0.3 is 12.1 Å². The van der Waals surface area contributed by atoms with Crippen molar-refractivity contribution in [2.24, 2.45) is 5.92 Å². The molecular weight excluding hydrogens is 438 g/mol. The molecule has 0 bridgehead atoms. The molecule has 1 aliphatic rings. The summed E-state index contributed by atoms with van der Waals surface area (Å²) in [6, 6.07) is 3.84. The van der Waals surface area contributed by atoms with Crippen molar-refractivity contribution in [1.82, 2.24) is 20.4 Å². The van der Waals surface area contributed by atoms with E-state index in [0.29, 0.717) is 12.2 Å². The number of nitrogens with one attached hydrogen (secondary N) is 3. The predicted octanol–water partition coefficient (Wildman–Crippen LogP) is 2.49. The van der Waals surface area contributed by atoms with Crippen LogP contribution in [0.25, 0.3) is 0 Å². The highest BCUT2D eigenvalue weighted by Crippen LogP contribution is 2.35. The van der Waals surface area contributed by atoms with E-state index in [0.717, 1.165) is 0 Å². The van der Waals surface area contributed by atoms with Gasteiger partial charge in [-0.05, 0) is 46.8 Å². The topological polar surface area (TPSA) is 123 Å². The van der Waals surface area contributed by atoms with Gasteiger partial charge in [-0.1, -0.05) is 13.0 Å². The minimum absolute atomic E-state index is 0.0138. The van der Waals surface area contributed by atoms with Crippen molar-refractivity contribution in [3.05, 3.63) is 23.8 Å². The van der Waals surface area contributed by atoms with Crippen LogP contribution in [0, 0.1) is 5.92 Å². The number of benzene rings is 1. The van der Waals surface area contributed by atoms with E-state index in [-0.39, 0.29) is 54.4 Å². The Bertz CT molecular complexity index is 875. The number of amides is 5. The van der Waals surface area contributed by atoms with Gasteiger partial charge in [0.25, 0.3) is 5.91 Å². The average molecular weight is 478 g/mol. The zero-order valence-corrected chi connectivity index (χ0v) is 21.2. The monoisotopic (exact) mass is 477 g/mol. The molecule has 0 saturated heterocycles. The van der Waals surface area contributed by atoms with Crippen molar-refractivity contribution in [3.8, 4) is 5.75 Å². The Morgan fingerprint density at radius 3 is 2.41 bits per heavy atom. The largest absolute Gasteiger partial charge is 0.485 e. The number of ether oxygens (including phenoxy) is 1. The number of para-hydroxylation sites is 1. The Hall–Kier alpha value is -3.01. The van der Waals surface area contributed by atoms with E-state index in [9.17, 15) is 19.5 Å². The molecule has 0 aromatic heterocycles. The first-order valence-corrected chi connectivity index (χ1v) is 11.7. The standard InChI is InChI=1S/C24H39N5O5/c1-14(2)25-23(32)27-19-10-8-9-18-21(19)34-20(12-28(7)24(33)26-15(3)4)16(5)11-29(22(18)31)17(6)13-30/h8-10,14-17,20,30H,11-13H2,1-7H3,(H,26,33)(H2,25,27,32)/t16-,17-,20+/m1/s1. The van der Waals surface area contributed by atoms with E-state index in [1.165, 1.54) is 0 Å². The lowest BCUT2D eigenvalue weighted by atomic mass is 9.99. The van der Waals surface area contributed by atoms with Gasteiger partial charge in [-0.3, -0.25) is 4.79 Å². The number of nitrogens with zero attached hydrogens (tertiary/aromatic N) is 2. The number of anilines is 1. The lowest BCUT2D eigenvalue weighted by molar-refractivity contribution is 0.0368.